The van der Waals surface area contributed by atoms with E-state index < -0.39 is 0 Å². The maximum Gasteiger partial charge on any atom is 0.0546 e. The van der Waals surface area contributed by atoms with Crippen LogP contribution in [0.3, 0.4) is 0 Å². The van der Waals surface area contributed by atoms with Crippen LogP contribution in [0.1, 0.15) is 25.0 Å². The van der Waals surface area contributed by atoms with Gasteiger partial charge in [0.2, 0.25) is 0 Å². The highest BCUT2D eigenvalue weighted by Crippen LogP contribution is 2.52. The van der Waals surface area contributed by atoms with Gasteiger partial charge in [0.1, 0.15) is 0 Å². The van der Waals surface area contributed by atoms with Crippen LogP contribution in [0.5, 0.6) is 0 Å². The van der Waals surface area contributed by atoms with Crippen LogP contribution in [-0.2, 0) is 5.41 Å². The van der Waals surface area contributed by atoms with Gasteiger partial charge >= 0.3 is 0 Å². The van der Waals surface area contributed by atoms with Crippen molar-refractivity contribution >= 4 is 17.1 Å². The van der Waals surface area contributed by atoms with Crippen LogP contribution >= 0.6 is 0 Å². The number of anilines is 3. The molecule has 58 heavy (non-hydrogen) atoms. The molecule has 1 aliphatic rings. The van der Waals surface area contributed by atoms with E-state index in [1.165, 1.54) is 77.9 Å². The smallest absolute Gasteiger partial charge is 0.0546 e. The summed E-state index contributed by atoms with van der Waals surface area (Å²) in [5.41, 5.74) is 20.5. The Bertz CT molecular complexity index is 2890. The van der Waals surface area contributed by atoms with Crippen molar-refractivity contribution in [2.75, 3.05) is 4.90 Å². The minimum absolute atomic E-state index is 0.109. The van der Waals surface area contributed by atoms with Gasteiger partial charge in [-0.25, -0.2) is 0 Å². The van der Waals surface area contributed by atoms with E-state index in [9.17, 15) is 0 Å². The summed E-state index contributed by atoms with van der Waals surface area (Å²) in [5.74, 6) is 0. The van der Waals surface area contributed by atoms with Gasteiger partial charge in [0.05, 0.1) is 11.4 Å². The van der Waals surface area contributed by atoms with Crippen LogP contribution in [0.25, 0.3) is 66.8 Å². The van der Waals surface area contributed by atoms with E-state index in [4.69, 9.17) is 0 Å². The Hall–Kier alpha value is -7.22. The fraction of sp³-hybridized carbons (Fsp3) is 0.0526. The molecule has 1 nitrogen and oxygen atoms in total. The number of rotatable bonds is 8. The Morgan fingerprint density at radius 1 is 0.293 bits per heavy atom. The van der Waals surface area contributed by atoms with Crippen LogP contribution in [0.2, 0.25) is 0 Å². The second-order valence-corrected chi connectivity index (χ2v) is 15.7. The van der Waals surface area contributed by atoms with Crippen LogP contribution in [0.15, 0.2) is 224 Å². The van der Waals surface area contributed by atoms with Crippen molar-refractivity contribution in [3.63, 3.8) is 0 Å². The number of hydrogen-bond donors (Lipinski definition) is 0. The van der Waals surface area contributed by atoms with Crippen LogP contribution in [0, 0.1) is 0 Å². The molecule has 1 aliphatic carbocycles. The number of para-hydroxylation sites is 1. The molecule has 0 unspecified atom stereocenters. The van der Waals surface area contributed by atoms with Gasteiger partial charge in [-0.3, -0.25) is 0 Å². The van der Waals surface area contributed by atoms with Crippen LogP contribution in [0.4, 0.5) is 17.1 Å². The molecule has 0 saturated carbocycles. The van der Waals surface area contributed by atoms with E-state index >= 15 is 0 Å². The lowest BCUT2D eigenvalue weighted by Gasteiger charge is -2.32. The Morgan fingerprint density at radius 2 is 0.759 bits per heavy atom. The van der Waals surface area contributed by atoms with Crippen molar-refractivity contribution < 1.29 is 0 Å². The van der Waals surface area contributed by atoms with Crippen molar-refractivity contribution in [3.05, 3.63) is 236 Å². The Balaban J connectivity index is 1.24. The predicted octanol–water partition coefficient (Wildman–Crippen LogP) is 15.8. The van der Waals surface area contributed by atoms with E-state index in [1.807, 2.05) is 0 Å². The third kappa shape index (κ3) is 6.13. The normalized spacial score (nSPS) is 12.4. The lowest BCUT2D eigenvalue weighted by Crippen LogP contribution is -2.15. The molecule has 276 valence electrons. The summed E-state index contributed by atoms with van der Waals surface area (Å²) in [7, 11) is 0. The highest BCUT2D eigenvalue weighted by Gasteiger charge is 2.35. The molecular formula is C57H43N. The van der Waals surface area contributed by atoms with Gasteiger partial charge in [0.25, 0.3) is 0 Å². The monoisotopic (exact) mass is 741 g/mol. The predicted molar refractivity (Wildman–Crippen MR) is 246 cm³/mol. The summed E-state index contributed by atoms with van der Waals surface area (Å²) in [6.07, 6.45) is 0. The van der Waals surface area contributed by atoms with Crippen molar-refractivity contribution in [2.45, 2.75) is 19.3 Å². The number of nitrogens with zero attached hydrogens (tertiary/aromatic N) is 1. The molecule has 0 heterocycles. The lowest BCUT2D eigenvalue weighted by atomic mass is 9.81. The molecule has 0 atom stereocenters. The molecule has 0 saturated heterocycles. The third-order valence-corrected chi connectivity index (χ3v) is 11.9. The van der Waals surface area contributed by atoms with Gasteiger partial charge in [-0.15, -0.1) is 0 Å². The zero-order valence-corrected chi connectivity index (χ0v) is 32.8. The first-order valence-electron chi connectivity index (χ1n) is 20.2. The molecule has 0 aliphatic heterocycles. The average molecular weight is 742 g/mol. The van der Waals surface area contributed by atoms with Crippen LogP contribution in [-0.4, -0.2) is 0 Å². The summed E-state index contributed by atoms with van der Waals surface area (Å²) in [4.78, 5) is 2.49. The summed E-state index contributed by atoms with van der Waals surface area (Å²) in [6, 6.07) is 81.9. The summed E-state index contributed by atoms with van der Waals surface area (Å²) >= 11 is 0. The Kier molecular flexibility index (Phi) is 8.92. The maximum absolute atomic E-state index is 2.49. The highest BCUT2D eigenvalue weighted by atomic mass is 15.1. The summed E-state index contributed by atoms with van der Waals surface area (Å²) in [5, 5.41) is 0. The first-order valence-corrected chi connectivity index (χ1v) is 20.2. The van der Waals surface area contributed by atoms with Crippen molar-refractivity contribution in [3.8, 4) is 66.8 Å². The van der Waals surface area contributed by atoms with Crippen LogP contribution < -0.4 is 4.90 Å². The highest BCUT2D eigenvalue weighted by molar-refractivity contribution is 6.02. The second kappa shape index (κ2) is 14.7. The van der Waals surface area contributed by atoms with E-state index in [-0.39, 0.29) is 5.41 Å². The van der Waals surface area contributed by atoms with E-state index in [1.54, 1.807) is 0 Å². The molecular weight excluding hydrogens is 699 g/mol. The van der Waals surface area contributed by atoms with Gasteiger partial charge < -0.3 is 4.90 Å². The SMILES string of the molecule is CC1(C)c2ccccc2-c2ccc(-c3ccccc3N(c3ccc(-c4ccccc4)cc3)c3cccc(-c4ccccc4)c3-c3ccccc3-c3ccccc3)cc21. The summed E-state index contributed by atoms with van der Waals surface area (Å²) in [6.45, 7) is 4.72. The number of fused-ring (bicyclic) bond motifs is 3. The standard InChI is InChI=1S/C57H43N/c1-57(2)52-30-16-14-27-49(52)50-38-35-44(39-53(50)57)47-26-15-17-31-54(47)58(45-36-33-41(34-37-45)40-19-6-3-7-20-40)55-32-18-29-48(43-23-10-5-11-24-43)56(55)51-28-13-12-25-46(51)42-21-8-4-9-22-42/h3-39H,1-2H3. The molecule has 0 radical (unpaired) electrons. The Morgan fingerprint density at radius 3 is 1.45 bits per heavy atom. The molecule has 0 spiro atoms. The molecule has 0 fully saturated rings. The molecule has 10 rings (SSSR count). The average Bonchev–Trinajstić information content (AvgIpc) is 3.53. The molecule has 0 aromatic heterocycles. The van der Waals surface area contributed by atoms with Gasteiger partial charge in [0, 0.05) is 22.2 Å². The lowest BCUT2D eigenvalue weighted by molar-refractivity contribution is 0.660. The topological polar surface area (TPSA) is 3.24 Å². The first kappa shape index (κ1) is 35.2. The van der Waals surface area contributed by atoms with E-state index in [2.05, 4.69) is 243 Å². The molecule has 1 heteroatoms. The molecule has 0 N–H and O–H groups in total. The van der Waals surface area contributed by atoms with E-state index in [0.29, 0.717) is 0 Å². The largest absolute Gasteiger partial charge is 0.309 e. The minimum Gasteiger partial charge on any atom is -0.309 e. The summed E-state index contributed by atoms with van der Waals surface area (Å²) < 4.78 is 0. The number of benzene rings is 9. The molecule has 0 amide bonds. The van der Waals surface area contributed by atoms with Gasteiger partial charge in [0.15, 0.2) is 0 Å². The van der Waals surface area contributed by atoms with Gasteiger partial charge in [-0.1, -0.05) is 208 Å². The van der Waals surface area contributed by atoms with Gasteiger partial charge in [-0.05, 0) is 97.1 Å². The third-order valence-electron chi connectivity index (χ3n) is 11.9. The molecule has 9 aromatic rings. The first-order chi connectivity index (χ1) is 28.6. The van der Waals surface area contributed by atoms with Crippen molar-refractivity contribution in [1.82, 2.24) is 0 Å². The quantitative estimate of drug-likeness (QED) is 0.150. The Labute approximate surface area is 342 Å². The fourth-order valence-corrected chi connectivity index (χ4v) is 9.06. The molecule has 9 aromatic carbocycles. The fourth-order valence-electron chi connectivity index (χ4n) is 9.06. The maximum atomic E-state index is 2.49. The van der Waals surface area contributed by atoms with Gasteiger partial charge in [-0.2, -0.15) is 0 Å². The second-order valence-electron chi connectivity index (χ2n) is 15.7. The van der Waals surface area contributed by atoms with Crippen molar-refractivity contribution in [1.29, 1.82) is 0 Å². The minimum atomic E-state index is -0.109. The zero-order chi connectivity index (χ0) is 39.1. The molecule has 0 bridgehead atoms. The van der Waals surface area contributed by atoms with Crippen molar-refractivity contribution in [2.24, 2.45) is 0 Å². The number of hydrogen-bond acceptors (Lipinski definition) is 1. The van der Waals surface area contributed by atoms with E-state index in [0.717, 1.165) is 17.1 Å². The zero-order valence-electron chi connectivity index (χ0n) is 32.8.